The van der Waals surface area contributed by atoms with Gasteiger partial charge in [0, 0.05) is 37.4 Å². The van der Waals surface area contributed by atoms with Gasteiger partial charge in [-0.05, 0) is 62.1 Å². The normalized spacial score (nSPS) is 31.3. The number of phenolic OH excluding ortho intramolecular Hbond substituents is 1. The van der Waals surface area contributed by atoms with Gasteiger partial charge in [0.25, 0.3) is 0 Å². The molecule has 3 aliphatic heterocycles. The molecular weight excluding hydrogens is 328 g/mol. The average Bonchev–Trinajstić information content (AvgIpc) is 2.80. The summed E-state index contributed by atoms with van der Waals surface area (Å²) in [5.41, 5.74) is 5.32. The Kier molecular flexibility index (Phi) is 3.68. The van der Waals surface area contributed by atoms with Crippen molar-refractivity contribution in [1.82, 2.24) is 9.47 Å². The molecule has 1 aromatic carbocycles. The van der Waals surface area contributed by atoms with E-state index in [1.54, 1.807) is 13.2 Å². The minimum absolute atomic E-state index is 0.0503. The van der Waals surface area contributed by atoms with Crippen LogP contribution in [0.25, 0.3) is 17.1 Å². The van der Waals surface area contributed by atoms with Crippen molar-refractivity contribution in [2.45, 2.75) is 44.6 Å². The molecular formula is C21H26N2O3. The van der Waals surface area contributed by atoms with Crippen molar-refractivity contribution in [2.24, 2.45) is 5.92 Å². The Morgan fingerprint density at radius 1 is 1.27 bits per heavy atom. The molecule has 5 rings (SSSR count). The highest BCUT2D eigenvalue weighted by atomic mass is 16.7. The summed E-state index contributed by atoms with van der Waals surface area (Å²) in [6, 6.07) is 6.14. The van der Waals surface area contributed by atoms with E-state index in [9.17, 15) is 5.11 Å². The minimum Gasteiger partial charge on any atom is -0.508 e. The molecule has 26 heavy (non-hydrogen) atoms. The summed E-state index contributed by atoms with van der Waals surface area (Å²) in [5, 5.41) is 11.2. The summed E-state index contributed by atoms with van der Waals surface area (Å²) in [4.78, 5) is 2.48. The largest absolute Gasteiger partial charge is 0.508 e. The smallest absolute Gasteiger partial charge is 0.158 e. The molecule has 0 spiro atoms. The molecule has 1 N–H and O–H groups in total. The Balaban J connectivity index is 1.74. The van der Waals surface area contributed by atoms with Crippen molar-refractivity contribution in [3.05, 3.63) is 35.0 Å². The number of rotatable bonds is 1. The van der Waals surface area contributed by atoms with Gasteiger partial charge in [-0.2, -0.15) is 0 Å². The molecule has 1 fully saturated rings. The first-order chi connectivity index (χ1) is 12.6. The van der Waals surface area contributed by atoms with Crippen LogP contribution in [-0.4, -0.2) is 47.7 Å². The van der Waals surface area contributed by atoms with Crippen LogP contribution in [0.5, 0.6) is 5.75 Å². The number of nitrogens with zero attached hydrogens (tertiary/aromatic N) is 2. The first-order valence-corrected chi connectivity index (χ1v) is 9.52. The number of fused-ring (bicyclic) bond motifs is 4. The van der Waals surface area contributed by atoms with Crippen molar-refractivity contribution in [2.75, 3.05) is 20.7 Å². The van der Waals surface area contributed by atoms with Crippen LogP contribution in [0.4, 0.5) is 0 Å². The maximum Gasteiger partial charge on any atom is 0.158 e. The second kappa shape index (κ2) is 5.84. The summed E-state index contributed by atoms with van der Waals surface area (Å²) in [6.45, 7) is 3.18. The van der Waals surface area contributed by atoms with Crippen LogP contribution in [0, 0.1) is 5.92 Å². The van der Waals surface area contributed by atoms with E-state index in [0.29, 0.717) is 17.7 Å². The highest BCUT2D eigenvalue weighted by Gasteiger charge is 2.40. The molecule has 1 aromatic heterocycles. The second-order valence-electron chi connectivity index (χ2n) is 7.92. The number of methoxy groups -OCH3 is 1. The topological polar surface area (TPSA) is 46.9 Å². The van der Waals surface area contributed by atoms with Crippen molar-refractivity contribution in [3.63, 3.8) is 0 Å². The lowest BCUT2D eigenvalue weighted by Crippen LogP contribution is -2.37. The second-order valence-corrected chi connectivity index (χ2v) is 7.92. The quantitative estimate of drug-likeness (QED) is 0.851. The van der Waals surface area contributed by atoms with Crippen LogP contribution < -0.4 is 0 Å². The van der Waals surface area contributed by atoms with E-state index >= 15 is 0 Å². The van der Waals surface area contributed by atoms with Gasteiger partial charge in [-0.3, -0.25) is 4.90 Å². The van der Waals surface area contributed by atoms with Crippen molar-refractivity contribution >= 4 is 17.1 Å². The van der Waals surface area contributed by atoms with Crippen molar-refractivity contribution < 1.29 is 14.6 Å². The van der Waals surface area contributed by atoms with E-state index < -0.39 is 0 Å². The molecule has 138 valence electrons. The number of aromatic hydroxyl groups is 1. The molecule has 0 aliphatic carbocycles. The molecule has 1 saturated heterocycles. The van der Waals surface area contributed by atoms with Gasteiger partial charge in [0.1, 0.15) is 5.75 Å². The lowest BCUT2D eigenvalue weighted by molar-refractivity contribution is -0.169. The van der Waals surface area contributed by atoms with E-state index in [-0.39, 0.29) is 12.4 Å². The number of ether oxygens (including phenoxy) is 2. The first-order valence-electron chi connectivity index (χ1n) is 9.52. The third kappa shape index (κ3) is 2.27. The third-order valence-electron chi connectivity index (χ3n) is 6.52. The first kappa shape index (κ1) is 16.4. The molecule has 4 atom stereocenters. The van der Waals surface area contributed by atoms with Crippen molar-refractivity contribution in [3.8, 4) is 5.75 Å². The van der Waals surface area contributed by atoms with Gasteiger partial charge in [-0.1, -0.05) is 0 Å². The SMILES string of the molecule is COC1CC2CC3c4c(c5cc(O)ccc5n4C=C2C(C)O1)CCN3C. The van der Waals surface area contributed by atoms with Crippen LogP contribution >= 0.6 is 0 Å². The summed E-state index contributed by atoms with van der Waals surface area (Å²) in [7, 11) is 3.96. The minimum atomic E-state index is -0.119. The third-order valence-corrected chi connectivity index (χ3v) is 6.52. The molecule has 5 heteroatoms. The maximum atomic E-state index is 10.0. The molecule has 0 bridgehead atoms. The zero-order valence-electron chi connectivity index (χ0n) is 15.6. The summed E-state index contributed by atoms with van der Waals surface area (Å²) >= 11 is 0. The number of aromatic nitrogens is 1. The van der Waals surface area contributed by atoms with Gasteiger partial charge in [-0.25, -0.2) is 0 Å². The van der Waals surface area contributed by atoms with E-state index in [1.807, 2.05) is 12.1 Å². The Morgan fingerprint density at radius 2 is 2.12 bits per heavy atom. The van der Waals surface area contributed by atoms with E-state index in [1.165, 1.54) is 27.7 Å². The predicted molar refractivity (Wildman–Crippen MR) is 101 cm³/mol. The summed E-state index contributed by atoms with van der Waals surface area (Å²) < 4.78 is 14.0. The van der Waals surface area contributed by atoms with E-state index in [4.69, 9.17) is 9.47 Å². The van der Waals surface area contributed by atoms with Gasteiger partial charge in [0.05, 0.1) is 17.7 Å². The highest BCUT2D eigenvalue weighted by Crippen LogP contribution is 2.47. The molecule has 0 amide bonds. The van der Waals surface area contributed by atoms with Crippen LogP contribution in [-0.2, 0) is 15.9 Å². The summed E-state index contributed by atoms with van der Waals surface area (Å²) in [5.74, 6) is 0.807. The molecule has 3 aliphatic rings. The Labute approximate surface area is 153 Å². The number of phenols is 1. The molecule has 4 unspecified atom stereocenters. The Bertz CT molecular complexity index is 900. The molecule has 0 saturated carbocycles. The lowest BCUT2D eigenvalue weighted by Gasteiger charge is -2.38. The van der Waals surface area contributed by atoms with Gasteiger partial charge < -0.3 is 19.1 Å². The number of likely N-dealkylation sites (N-methyl/N-ethyl adjacent to an activating group) is 1. The van der Waals surface area contributed by atoms with E-state index in [0.717, 1.165) is 25.8 Å². The standard InChI is InChI=1S/C21H26N2O3/c1-12-17-11-23-18-5-4-14(24)10-16(18)15-6-7-22(2)19(21(15)23)8-13(17)9-20(25-3)26-12/h4-5,10-13,19-20,24H,6-9H2,1-3H3. The monoisotopic (exact) mass is 354 g/mol. The van der Waals surface area contributed by atoms with Gasteiger partial charge >= 0.3 is 0 Å². The highest BCUT2D eigenvalue weighted by molar-refractivity contribution is 5.89. The van der Waals surface area contributed by atoms with Gasteiger partial charge in [-0.15, -0.1) is 0 Å². The fourth-order valence-corrected chi connectivity index (χ4v) is 5.17. The van der Waals surface area contributed by atoms with Gasteiger partial charge in [0.2, 0.25) is 0 Å². The van der Waals surface area contributed by atoms with Crippen molar-refractivity contribution in [1.29, 1.82) is 0 Å². The van der Waals surface area contributed by atoms with Gasteiger partial charge in [0.15, 0.2) is 6.29 Å². The maximum absolute atomic E-state index is 10.0. The number of hydrogen-bond acceptors (Lipinski definition) is 4. The fraction of sp³-hybridized carbons (Fsp3) is 0.524. The zero-order valence-corrected chi connectivity index (χ0v) is 15.6. The molecule has 2 aromatic rings. The van der Waals surface area contributed by atoms with E-state index in [2.05, 4.69) is 29.6 Å². The summed E-state index contributed by atoms with van der Waals surface area (Å²) in [6.07, 6.45) is 5.26. The predicted octanol–water partition coefficient (Wildman–Crippen LogP) is 3.52. The van der Waals surface area contributed by atoms with Crippen LogP contribution in [0.3, 0.4) is 0 Å². The van der Waals surface area contributed by atoms with Crippen LogP contribution in [0.15, 0.2) is 23.8 Å². The number of benzene rings is 1. The zero-order chi connectivity index (χ0) is 18.0. The van der Waals surface area contributed by atoms with Crippen LogP contribution in [0.1, 0.15) is 37.1 Å². The molecule has 0 radical (unpaired) electrons. The Hall–Kier alpha value is -1.82. The average molecular weight is 354 g/mol. The fourth-order valence-electron chi connectivity index (χ4n) is 5.17. The molecule has 5 nitrogen and oxygen atoms in total. The Morgan fingerprint density at radius 3 is 2.92 bits per heavy atom. The molecule has 4 heterocycles. The lowest BCUT2D eigenvalue weighted by atomic mass is 9.83. The van der Waals surface area contributed by atoms with Crippen LogP contribution in [0.2, 0.25) is 0 Å². The number of hydrogen-bond donors (Lipinski definition) is 1.